The van der Waals surface area contributed by atoms with E-state index in [0.717, 1.165) is 25.9 Å². The number of hydrogen-bond donors (Lipinski definition) is 1. The lowest BCUT2D eigenvalue weighted by molar-refractivity contribution is -0.145. The van der Waals surface area contributed by atoms with E-state index in [1.54, 1.807) is 0 Å². The number of rotatable bonds is 4. The Bertz CT molecular complexity index is 303. The highest BCUT2D eigenvalue weighted by molar-refractivity contribution is 5.68. The zero-order chi connectivity index (χ0) is 13.8. The maximum atomic E-state index is 10.5. The topological polar surface area (TPSA) is 53.0 Å². The normalized spacial score (nSPS) is 31.5. The van der Waals surface area contributed by atoms with Gasteiger partial charge >= 0.3 is 5.97 Å². The minimum Gasteiger partial charge on any atom is -0.480 e. The average Bonchev–Trinajstić information content (AvgIpc) is 2.40. The second-order valence-corrected chi connectivity index (χ2v) is 5.95. The highest BCUT2D eigenvalue weighted by atomic mass is 16.5. The van der Waals surface area contributed by atoms with Gasteiger partial charge in [0.25, 0.3) is 0 Å². The molecule has 5 heteroatoms. The third-order valence-electron chi connectivity index (χ3n) is 4.62. The molecule has 0 spiro atoms. The van der Waals surface area contributed by atoms with Crippen LogP contribution in [0.25, 0.3) is 0 Å². The lowest BCUT2D eigenvalue weighted by Crippen LogP contribution is -2.50. The molecule has 2 saturated heterocycles. The molecule has 0 radical (unpaired) electrons. The Balaban J connectivity index is 1.72. The molecule has 0 saturated carbocycles. The monoisotopic (exact) mass is 270 g/mol. The number of carboxylic acids is 1. The molecular weight excluding hydrogens is 244 g/mol. The van der Waals surface area contributed by atoms with Crippen LogP contribution in [0.15, 0.2) is 0 Å². The summed E-state index contributed by atoms with van der Waals surface area (Å²) in [5.74, 6) is -0.869. The number of likely N-dealkylation sites (tertiary alicyclic amines) is 2. The van der Waals surface area contributed by atoms with Gasteiger partial charge in [-0.15, -0.1) is 0 Å². The van der Waals surface area contributed by atoms with Gasteiger partial charge in [0.05, 0.1) is 6.10 Å². The molecule has 2 heterocycles. The van der Waals surface area contributed by atoms with Gasteiger partial charge in [0.1, 0.15) is 6.61 Å². The molecule has 0 aromatic rings. The van der Waals surface area contributed by atoms with Crippen molar-refractivity contribution >= 4 is 5.97 Å². The smallest absolute Gasteiger partial charge is 0.329 e. The predicted molar refractivity (Wildman–Crippen MR) is 73.3 cm³/mol. The van der Waals surface area contributed by atoms with Gasteiger partial charge in [0, 0.05) is 25.2 Å². The summed E-state index contributed by atoms with van der Waals surface area (Å²) >= 11 is 0. The van der Waals surface area contributed by atoms with Crippen molar-refractivity contribution in [1.82, 2.24) is 9.80 Å². The minimum absolute atomic E-state index is 0.135. The lowest BCUT2D eigenvalue weighted by Gasteiger charge is -2.43. The summed E-state index contributed by atoms with van der Waals surface area (Å²) in [5.41, 5.74) is 0. The summed E-state index contributed by atoms with van der Waals surface area (Å²) in [7, 11) is 2.20. The van der Waals surface area contributed by atoms with Crippen LogP contribution in [-0.4, -0.2) is 72.4 Å². The first-order valence-corrected chi connectivity index (χ1v) is 7.34. The maximum Gasteiger partial charge on any atom is 0.329 e. The first-order valence-electron chi connectivity index (χ1n) is 7.34. The van der Waals surface area contributed by atoms with Crippen molar-refractivity contribution in [2.45, 2.75) is 50.8 Å². The fourth-order valence-corrected chi connectivity index (χ4v) is 3.19. The molecule has 1 N–H and O–H groups in total. The molecule has 2 rings (SSSR count). The van der Waals surface area contributed by atoms with Crippen molar-refractivity contribution in [3.05, 3.63) is 0 Å². The van der Waals surface area contributed by atoms with E-state index >= 15 is 0 Å². The van der Waals surface area contributed by atoms with E-state index in [2.05, 4.69) is 23.8 Å². The Morgan fingerprint density at radius 1 is 1.26 bits per heavy atom. The van der Waals surface area contributed by atoms with Crippen LogP contribution in [-0.2, 0) is 9.53 Å². The number of hydrogen-bond acceptors (Lipinski definition) is 4. The largest absolute Gasteiger partial charge is 0.480 e. The highest BCUT2D eigenvalue weighted by Crippen LogP contribution is 2.24. The molecule has 19 heavy (non-hydrogen) atoms. The van der Waals surface area contributed by atoms with E-state index in [9.17, 15) is 4.79 Å². The van der Waals surface area contributed by atoms with Crippen LogP contribution in [0, 0.1) is 0 Å². The van der Waals surface area contributed by atoms with Gasteiger partial charge in [0.15, 0.2) is 0 Å². The molecule has 110 valence electrons. The van der Waals surface area contributed by atoms with Crippen LogP contribution in [0.1, 0.15) is 32.6 Å². The molecule has 2 aliphatic heterocycles. The van der Waals surface area contributed by atoms with Gasteiger partial charge in [-0.2, -0.15) is 0 Å². The molecule has 2 unspecified atom stereocenters. The van der Waals surface area contributed by atoms with Gasteiger partial charge in [-0.05, 0) is 46.2 Å². The van der Waals surface area contributed by atoms with E-state index in [1.165, 1.54) is 19.4 Å². The average molecular weight is 270 g/mol. The third kappa shape index (κ3) is 4.16. The first kappa shape index (κ1) is 14.8. The first-order chi connectivity index (χ1) is 9.06. The van der Waals surface area contributed by atoms with Crippen LogP contribution in [0.4, 0.5) is 0 Å². The van der Waals surface area contributed by atoms with Gasteiger partial charge < -0.3 is 19.6 Å². The molecule has 2 fully saturated rings. The second kappa shape index (κ2) is 6.68. The van der Waals surface area contributed by atoms with Crippen molar-refractivity contribution < 1.29 is 14.6 Å². The molecule has 0 aliphatic carbocycles. The van der Waals surface area contributed by atoms with Crippen LogP contribution < -0.4 is 0 Å². The van der Waals surface area contributed by atoms with Crippen molar-refractivity contribution in [2.24, 2.45) is 0 Å². The van der Waals surface area contributed by atoms with Crippen molar-refractivity contribution in [1.29, 1.82) is 0 Å². The van der Waals surface area contributed by atoms with E-state index < -0.39 is 5.97 Å². The number of piperidine rings is 2. The molecule has 0 aromatic carbocycles. The second-order valence-electron chi connectivity index (χ2n) is 5.95. The van der Waals surface area contributed by atoms with E-state index in [4.69, 9.17) is 9.84 Å². The van der Waals surface area contributed by atoms with E-state index in [0.29, 0.717) is 12.1 Å². The van der Waals surface area contributed by atoms with Crippen LogP contribution in [0.5, 0.6) is 0 Å². The number of nitrogens with zero attached hydrogens (tertiary/aromatic N) is 2. The Hall–Kier alpha value is -0.650. The standard InChI is InChI=1S/C14H26N2O3/c1-11-9-12(3-6-15(11)2)16-7-4-13(5-8-16)19-10-14(17)18/h11-13H,3-10H2,1-2H3,(H,17,18). The van der Waals surface area contributed by atoms with Gasteiger partial charge in [-0.3, -0.25) is 0 Å². The van der Waals surface area contributed by atoms with Crippen molar-refractivity contribution in [3.8, 4) is 0 Å². The summed E-state index contributed by atoms with van der Waals surface area (Å²) in [6.45, 7) is 5.42. The number of aliphatic carboxylic acids is 1. The van der Waals surface area contributed by atoms with Crippen LogP contribution in [0.2, 0.25) is 0 Å². The number of carbonyl (C=O) groups is 1. The molecule has 0 amide bonds. The fraction of sp³-hybridized carbons (Fsp3) is 0.929. The molecule has 2 aliphatic rings. The Kier molecular flexibility index (Phi) is 5.19. The highest BCUT2D eigenvalue weighted by Gasteiger charge is 2.30. The van der Waals surface area contributed by atoms with Crippen molar-refractivity contribution in [2.75, 3.05) is 33.3 Å². The predicted octanol–water partition coefficient (Wildman–Crippen LogP) is 1.03. The molecule has 0 aromatic heterocycles. The minimum atomic E-state index is -0.869. The summed E-state index contributed by atoms with van der Waals surface area (Å²) in [6.07, 6.45) is 4.57. The Labute approximate surface area is 115 Å². The zero-order valence-electron chi connectivity index (χ0n) is 12.0. The lowest BCUT2D eigenvalue weighted by atomic mass is 9.95. The van der Waals surface area contributed by atoms with Gasteiger partial charge in [-0.1, -0.05) is 0 Å². The zero-order valence-corrected chi connectivity index (χ0v) is 12.0. The Morgan fingerprint density at radius 3 is 2.53 bits per heavy atom. The quantitative estimate of drug-likeness (QED) is 0.827. The van der Waals surface area contributed by atoms with Gasteiger partial charge in [0.2, 0.25) is 0 Å². The van der Waals surface area contributed by atoms with Crippen molar-refractivity contribution in [3.63, 3.8) is 0 Å². The summed E-state index contributed by atoms with van der Waals surface area (Å²) in [5, 5.41) is 8.61. The summed E-state index contributed by atoms with van der Waals surface area (Å²) in [4.78, 5) is 15.5. The number of ether oxygens (including phenoxy) is 1. The van der Waals surface area contributed by atoms with Gasteiger partial charge in [-0.25, -0.2) is 4.79 Å². The summed E-state index contributed by atoms with van der Waals surface area (Å²) in [6, 6.07) is 1.37. The summed E-state index contributed by atoms with van der Waals surface area (Å²) < 4.78 is 5.38. The Morgan fingerprint density at radius 2 is 1.95 bits per heavy atom. The molecule has 5 nitrogen and oxygen atoms in total. The molecular formula is C14H26N2O3. The SMILES string of the molecule is CC1CC(N2CCC(OCC(=O)O)CC2)CCN1C. The van der Waals surface area contributed by atoms with Crippen LogP contribution in [0.3, 0.4) is 0 Å². The molecule has 2 atom stereocenters. The maximum absolute atomic E-state index is 10.5. The fourth-order valence-electron chi connectivity index (χ4n) is 3.19. The number of carboxylic acid groups (broad SMARTS) is 1. The molecule has 0 bridgehead atoms. The van der Waals surface area contributed by atoms with Crippen LogP contribution >= 0.6 is 0 Å². The van der Waals surface area contributed by atoms with E-state index in [1.807, 2.05) is 0 Å². The third-order valence-corrected chi connectivity index (χ3v) is 4.62. The van der Waals surface area contributed by atoms with E-state index in [-0.39, 0.29) is 12.7 Å².